The molecule has 4 aliphatic rings. The van der Waals surface area contributed by atoms with Crippen molar-refractivity contribution in [2.75, 3.05) is 16.4 Å². The number of aromatic hydroxyl groups is 1. The van der Waals surface area contributed by atoms with E-state index in [1.54, 1.807) is 67.2 Å². The standard InChI is InChI=1S/C42H38BClN4O8S/c1-5-56-32-15-21(9-13-31(32)49)36-25-11-12-26-35(40(52)47(38(26)50)24-8-6-7-22(16-24)43(54)55)28(25)18-29-39(51)48(41(53)42(29,36)3)34-19-30(45-46(34)4)37-20(2)27-17-23(44)10-14-33(27)57-37/h6-11,13-17,19,26,28-29,35-36,49,54-55H,5,12,18H2,1-4H3. The minimum Gasteiger partial charge on any atom is -0.504 e. The van der Waals surface area contributed by atoms with Gasteiger partial charge in [-0.15, -0.1) is 11.3 Å². The van der Waals surface area contributed by atoms with Gasteiger partial charge in [0.1, 0.15) is 11.5 Å². The lowest BCUT2D eigenvalue weighted by Crippen LogP contribution is -2.49. The van der Waals surface area contributed by atoms with Crippen molar-refractivity contribution in [1.29, 1.82) is 0 Å². The summed E-state index contributed by atoms with van der Waals surface area (Å²) in [6.45, 7) is 5.86. The van der Waals surface area contributed by atoms with E-state index in [0.717, 1.165) is 31.0 Å². The van der Waals surface area contributed by atoms with E-state index in [4.69, 9.17) is 21.4 Å². The van der Waals surface area contributed by atoms with Crippen LogP contribution in [0.5, 0.6) is 11.5 Å². The second kappa shape index (κ2) is 13.4. The number of aromatic nitrogens is 2. The van der Waals surface area contributed by atoms with Gasteiger partial charge in [0.25, 0.3) is 0 Å². The summed E-state index contributed by atoms with van der Waals surface area (Å²) >= 11 is 7.87. The second-order valence-electron chi connectivity index (χ2n) is 15.5. The number of carbonyl (C=O) groups excluding carboxylic acids is 4. The molecule has 6 unspecified atom stereocenters. The zero-order valence-electron chi connectivity index (χ0n) is 31.5. The monoisotopic (exact) mass is 804 g/mol. The molecule has 2 aliphatic carbocycles. The number of aryl methyl sites for hydroxylation is 2. The molecule has 6 atom stereocenters. The Morgan fingerprint density at radius 3 is 2.53 bits per heavy atom. The first-order chi connectivity index (χ1) is 27.2. The Morgan fingerprint density at radius 2 is 1.77 bits per heavy atom. The number of thiophene rings is 1. The van der Waals surface area contributed by atoms with Gasteiger partial charge >= 0.3 is 7.12 Å². The average Bonchev–Trinajstić information content (AvgIpc) is 3.86. The molecule has 290 valence electrons. The normalized spacial score (nSPS) is 25.5. The number of amides is 4. The summed E-state index contributed by atoms with van der Waals surface area (Å²) in [6.07, 6.45) is 2.32. The first-order valence-corrected chi connectivity index (χ1v) is 20.0. The molecule has 2 saturated heterocycles. The molecule has 4 amide bonds. The molecule has 0 spiro atoms. The van der Waals surface area contributed by atoms with Gasteiger partial charge < -0.3 is 19.9 Å². The molecule has 9 rings (SSSR count). The molecule has 3 N–H and O–H groups in total. The highest BCUT2D eigenvalue weighted by molar-refractivity contribution is 7.22. The lowest BCUT2D eigenvalue weighted by molar-refractivity contribution is -0.131. The Hall–Kier alpha value is -5.28. The van der Waals surface area contributed by atoms with E-state index in [0.29, 0.717) is 22.1 Å². The largest absolute Gasteiger partial charge is 0.504 e. The number of phenols is 1. The zero-order valence-corrected chi connectivity index (χ0v) is 33.0. The van der Waals surface area contributed by atoms with Crippen LogP contribution in [0.25, 0.3) is 20.7 Å². The van der Waals surface area contributed by atoms with Gasteiger partial charge in [-0.2, -0.15) is 5.10 Å². The lowest BCUT2D eigenvalue weighted by Gasteiger charge is -2.49. The highest BCUT2D eigenvalue weighted by Gasteiger charge is 2.68. The SMILES string of the molecule is CCOc1cc(C2C3=CCC4C(=O)N(c5cccc(B(O)O)c5)C(=O)C4C3CC3C(=O)N(c4cc(-c5sc6ccc(Cl)cc6c5C)nn4C)C(=O)C32C)ccc1O. The number of ether oxygens (including phenoxy) is 1. The zero-order chi connectivity index (χ0) is 40.2. The fraction of sp³-hybridized carbons (Fsp3) is 0.310. The number of imide groups is 2. The van der Waals surface area contributed by atoms with Crippen molar-refractivity contribution in [1.82, 2.24) is 9.78 Å². The minimum absolute atomic E-state index is 0.0774. The molecule has 3 fully saturated rings. The molecule has 2 aromatic heterocycles. The van der Waals surface area contributed by atoms with Crippen LogP contribution in [0, 0.1) is 36.0 Å². The summed E-state index contributed by atoms with van der Waals surface area (Å²) in [5, 5.41) is 36.8. The number of fused-ring (bicyclic) bond motifs is 5. The maximum absolute atomic E-state index is 15.2. The van der Waals surface area contributed by atoms with E-state index in [2.05, 4.69) is 0 Å². The van der Waals surface area contributed by atoms with E-state index >= 15 is 4.79 Å². The van der Waals surface area contributed by atoms with Crippen molar-refractivity contribution in [2.45, 2.75) is 39.5 Å². The quantitative estimate of drug-likeness (QED) is 0.110. The molecule has 0 radical (unpaired) electrons. The molecule has 15 heteroatoms. The van der Waals surface area contributed by atoms with Gasteiger partial charge in [-0.1, -0.05) is 41.4 Å². The van der Waals surface area contributed by atoms with E-state index in [1.807, 2.05) is 31.2 Å². The smallest absolute Gasteiger partial charge is 0.488 e. The van der Waals surface area contributed by atoms with E-state index in [9.17, 15) is 29.5 Å². The van der Waals surface area contributed by atoms with Crippen molar-refractivity contribution in [3.63, 3.8) is 0 Å². The predicted octanol–water partition coefficient (Wildman–Crippen LogP) is 5.48. The molecule has 57 heavy (non-hydrogen) atoms. The number of phenolic OH excluding ortho intramolecular Hbond substituents is 1. The highest BCUT2D eigenvalue weighted by atomic mass is 35.5. The van der Waals surface area contributed by atoms with Gasteiger partial charge in [-0.25, -0.2) is 4.90 Å². The predicted molar refractivity (Wildman–Crippen MR) is 216 cm³/mol. The van der Waals surface area contributed by atoms with Crippen LogP contribution in [0.4, 0.5) is 11.5 Å². The highest BCUT2D eigenvalue weighted by Crippen LogP contribution is 2.64. The molecule has 0 bridgehead atoms. The van der Waals surface area contributed by atoms with Gasteiger partial charge in [0.15, 0.2) is 11.5 Å². The number of benzene rings is 3. The van der Waals surface area contributed by atoms with Crippen molar-refractivity contribution in [3.8, 4) is 22.1 Å². The summed E-state index contributed by atoms with van der Waals surface area (Å²) in [7, 11) is -0.0983. The van der Waals surface area contributed by atoms with E-state index < -0.39 is 65.8 Å². The second-order valence-corrected chi connectivity index (χ2v) is 17.0. The molecule has 1 saturated carbocycles. The van der Waals surface area contributed by atoms with Crippen molar-refractivity contribution in [3.05, 3.63) is 94.5 Å². The number of anilines is 2. The molecular weight excluding hydrogens is 767 g/mol. The van der Waals surface area contributed by atoms with Crippen molar-refractivity contribution in [2.24, 2.45) is 36.1 Å². The fourth-order valence-electron chi connectivity index (χ4n) is 9.89. The van der Waals surface area contributed by atoms with Crippen LogP contribution in [0.1, 0.15) is 43.7 Å². The van der Waals surface area contributed by atoms with Gasteiger partial charge in [0.05, 0.1) is 40.3 Å². The van der Waals surface area contributed by atoms with Gasteiger partial charge in [0, 0.05) is 28.8 Å². The topological polar surface area (TPSA) is 162 Å². The maximum Gasteiger partial charge on any atom is 0.488 e. The van der Waals surface area contributed by atoms with Crippen LogP contribution >= 0.6 is 22.9 Å². The number of rotatable bonds is 7. The van der Waals surface area contributed by atoms with E-state index in [-0.39, 0.29) is 42.1 Å². The fourth-order valence-corrected chi connectivity index (χ4v) is 11.2. The summed E-state index contributed by atoms with van der Waals surface area (Å²) in [5.41, 5.74) is 2.02. The molecular formula is C42H38BClN4O8S. The number of hydrogen-bond acceptors (Lipinski definition) is 10. The molecule has 5 aromatic rings. The molecule has 12 nitrogen and oxygen atoms in total. The third kappa shape index (κ3) is 5.44. The number of nitrogens with zero attached hydrogens (tertiary/aromatic N) is 4. The number of halogens is 1. The van der Waals surface area contributed by atoms with Gasteiger partial charge in [-0.3, -0.25) is 28.8 Å². The van der Waals surface area contributed by atoms with Crippen LogP contribution in [0.2, 0.25) is 5.02 Å². The van der Waals surface area contributed by atoms with Crippen LogP contribution in [-0.2, 0) is 26.2 Å². The molecule has 4 heterocycles. The number of carbonyl (C=O) groups is 4. The summed E-state index contributed by atoms with van der Waals surface area (Å²) in [4.78, 5) is 62.0. The van der Waals surface area contributed by atoms with Crippen LogP contribution < -0.4 is 20.0 Å². The van der Waals surface area contributed by atoms with Crippen molar-refractivity contribution >= 4 is 80.7 Å². The molecule has 2 aliphatic heterocycles. The Kier molecular flexibility index (Phi) is 8.78. The first kappa shape index (κ1) is 37.3. The van der Waals surface area contributed by atoms with Crippen LogP contribution in [-0.4, -0.2) is 62.3 Å². The average molecular weight is 805 g/mol. The summed E-state index contributed by atoms with van der Waals surface area (Å²) in [5.74, 6) is -5.00. The summed E-state index contributed by atoms with van der Waals surface area (Å²) in [6, 6.07) is 18.4. The number of hydrogen-bond donors (Lipinski definition) is 3. The third-order valence-corrected chi connectivity index (χ3v) is 14.1. The number of allylic oxidation sites excluding steroid dienone is 2. The van der Waals surface area contributed by atoms with Gasteiger partial charge in [-0.05, 0) is 104 Å². The first-order valence-electron chi connectivity index (χ1n) is 18.9. The maximum atomic E-state index is 15.2. The van der Waals surface area contributed by atoms with Gasteiger partial charge in [0.2, 0.25) is 23.6 Å². The Balaban J connectivity index is 1.15. The summed E-state index contributed by atoms with van der Waals surface area (Å²) < 4.78 is 8.36. The Bertz CT molecular complexity index is 2600. The Morgan fingerprint density at radius 1 is 0.982 bits per heavy atom. The molecule has 3 aromatic carbocycles. The van der Waals surface area contributed by atoms with Crippen LogP contribution in [0.15, 0.2) is 78.4 Å². The Labute approximate surface area is 337 Å². The van der Waals surface area contributed by atoms with Crippen LogP contribution in [0.3, 0.4) is 0 Å². The lowest BCUT2D eigenvalue weighted by atomic mass is 9.51. The van der Waals surface area contributed by atoms with E-state index in [1.165, 1.54) is 23.1 Å². The minimum atomic E-state index is -1.80. The third-order valence-electron chi connectivity index (χ3n) is 12.5. The van der Waals surface area contributed by atoms with Crippen molar-refractivity contribution < 1.29 is 39.1 Å².